The molecule has 0 bridgehead atoms. The summed E-state index contributed by atoms with van der Waals surface area (Å²) in [6, 6.07) is 12.4. The lowest BCUT2D eigenvalue weighted by Crippen LogP contribution is -2.35. The maximum absolute atomic E-state index is 11.5. The molecule has 2 aromatic carbocycles. The number of hydrogen-bond donors (Lipinski definition) is 4. The number of amides is 2. The lowest BCUT2D eigenvalue weighted by molar-refractivity contribution is -0.139. The monoisotopic (exact) mass is 326 g/mol. The summed E-state index contributed by atoms with van der Waals surface area (Å²) in [7, 11) is 0. The molecule has 0 spiro atoms. The van der Waals surface area contributed by atoms with Crippen LogP contribution >= 0.6 is 0 Å². The van der Waals surface area contributed by atoms with Gasteiger partial charge in [-0.3, -0.25) is 9.59 Å². The van der Waals surface area contributed by atoms with Crippen LogP contribution in [0.5, 0.6) is 11.5 Å². The average molecular weight is 326 g/mol. The summed E-state index contributed by atoms with van der Waals surface area (Å²) >= 11 is 0. The normalized spacial score (nSPS) is 10.8. The molecule has 0 aliphatic heterocycles. The largest absolute Gasteiger partial charge is 0.508 e. The predicted octanol–water partition coefficient (Wildman–Crippen LogP) is 0.698. The Morgan fingerprint density at radius 1 is 0.792 bits per heavy atom. The fraction of sp³-hybridized carbons (Fsp3) is 0. The van der Waals surface area contributed by atoms with Crippen LogP contribution < -0.4 is 10.9 Å². The number of aromatic hydroxyl groups is 2. The van der Waals surface area contributed by atoms with Crippen LogP contribution in [-0.4, -0.2) is 34.5 Å². The number of phenolic OH excluding ortho intramolecular Hbond substituents is 2. The van der Waals surface area contributed by atoms with Crippen molar-refractivity contribution in [3.8, 4) is 11.5 Å². The number of hydrazone groups is 2. The van der Waals surface area contributed by atoms with Crippen LogP contribution in [0.4, 0.5) is 0 Å². The highest BCUT2D eigenvalue weighted by Gasteiger charge is 2.10. The molecule has 122 valence electrons. The molecule has 2 rings (SSSR count). The van der Waals surface area contributed by atoms with Crippen molar-refractivity contribution in [1.82, 2.24) is 10.9 Å². The van der Waals surface area contributed by atoms with Gasteiger partial charge in [-0.25, -0.2) is 10.9 Å². The fourth-order valence-electron chi connectivity index (χ4n) is 1.64. The zero-order valence-corrected chi connectivity index (χ0v) is 12.4. The maximum Gasteiger partial charge on any atom is 0.331 e. The van der Waals surface area contributed by atoms with E-state index in [9.17, 15) is 19.8 Å². The van der Waals surface area contributed by atoms with Gasteiger partial charge in [0.25, 0.3) is 0 Å². The third-order valence-electron chi connectivity index (χ3n) is 2.71. The van der Waals surface area contributed by atoms with Crippen LogP contribution in [-0.2, 0) is 9.59 Å². The minimum absolute atomic E-state index is 0.0595. The molecule has 24 heavy (non-hydrogen) atoms. The first-order chi connectivity index (χ1) is 11.5. The number of hydrogen-bond acceptors (Lipinski definition) is 6. The van der Waals surface area contributed by atoms with Gasteiger partial charge in [-0.2, -0.15) is 10.2 Å². The first kappa shape index (κ1) is 16.7. The Kier molecular flexibility index (Phi) is 5.62. The Bertz CT molecular complexity index is 735. The van der Waals surface area contributed by atoms with Gasteiger partial charge in [-0.05, 0) is 35.4 Å². The van der Waals surface area contributed by atoms with E-state index in [-0.39, 0.29) is 11.5 Å². The summed E-state index contributed by atoms with van der Waals surface area (Å²) in [5.41, 5.74) is 5.17. The van der Waals surface area contributed by atoms with E-state index in [0.717, 1.165) is 0 Å². The number of rotatable bonds is 4. The second kappa shape index (κ2) is 8.08. The van der Waals surface area contributed by atoms with Crippen molar-refractivity contribution in [2.45, 2.75) is 0 Å². The van der Waals surface area contributed by atoms with E-state index in [1.54, 1.807) is 24.3 Å². The number of carbonyl (C=O) groups excluding carboxylic acids is 2. The molecule has 0 aliphatic rings. The van der Waals surface area contributed by atoms with Crippen LogP contribution in [0, 0.1) is 0 Å². The number of benzene rings is 2. The van der Waals surface area contributed by atoms with E-state index >= 15 is 0 Å². The van der Waals surface area contributed by atoms with Crippen molar-refractivity contribution in [3.05, 3.63) is 59.7 Å². The Labute approximate surface area is 137 Å². The number of carbonyl (C=O) groups is 2. The van der Waals surface area contributed by atoms with Crippen molar-refractivity contribution in [3.63, 3.8) is 0 Å². The molecule has 0 saturated heterocycles. The molecule has 2 amide bonds. The molecule has 0 aromatic heterocycles. The first-order valence-electron chi connectivity index (χ1n) is 6.79. The fourth-order valence-corrected chi connectivity index (χ4v) is 1.64. The van der Waals surface area contributed by atoms with Crippen LogP contribution in [0.15, 0.2) is 58.7 Å². The molecule has 0 radical (unpaired) electrons. The molecular weight excluding hydrogens is 312 g/mol. The van der Waals surface area contributed by atoms with Crippen LogP contribution in [0.3, 0.4) is 0 Å². The Balaban J connectivity index is 1.83. The second-order valence-electron chi connectivity index (χ2n) is 4.59. The van der Waals surface area contributed by atoms with E-state index in [4.69, 9.17) is 0 Å². The molecule has 0 atom stereocenters. The van der Waals surface area contributed by atoms with Crippen molar-refractivity contribution in [1.29, 1.82) is 0 Å². The van der Waals surface area contributed by atoms with Gasteiger partial charge in [0.05, 0.1) is 12.4 Å². The summed E-state index contributed by atoms with van der Waals surface area (Å²) < 4.78 is 0. The van der Waals surface area contributed by atoms with Gasteiger partial charge in [-0.15, -0.1) is 0 Å². The van der Waals surface area contributed by atoms with Crippen LogP contribution in [0.25, 0.3) is 0 Å². The van der Waals surface area contributed by atoms with Gasteiger partial charge in [0.15, 0.2) is 0 Å². The minimum Gasteiger partial charge on any atom is -0.508 e. The van der Waals surface area contributed by atoms with Crippen molar-refractivity contribution < 1.29 is 19.8 Å². The van der Waals surface area contributed by atoms with Gasteiger partial charge in [-0.1, -0.05) is 24.3 Å². The zero-order chi connectivity index (χ0) is 17.4. The number of phenols is 2. The van der Waals surface area contributed by atoms with Crippen LogP contribution in [0.2, 0.25) is 0 Å². The lowest BCUT2D eigenvalue weighted by atomic mass is 10.2. The highest BCUT2D eigenvalue weighted by molar-refractivity contribution is 6.35. The standard InChI is InChI=1S/C16H14N4O4/c21-13-5-1-3-11(7-13)9-17-19-15(23)16(24)20-18-10-12-4-2-6-14(22)8-12/h1-10,21-22H,(H,19,23)(H,20,24)/b17-9-,18-10?. The van der Waals surface area contributed by atoms with Gasteiger partial charge >= 0.3 is 11.8 Å². The highest BCUT2D eigenvalue weighted by Crippen LogP contribution is 2.09. The lowest BCUT2D eigenvalue weighted by Gasteiger charge is -1.99. The average Bonchev–Trinajstić information content (AvgIpc) is 2.55. The van der Waals surface area contributed by atoms with Crippen molar-refractivity contribution >= 4 is 24.2 Å². The third kappa shape index (κ3) is 5.26. The molecule has 4 N–H and O–H groups in total. The number of nitrogens with one attached hydrogen (secondary N) is 2. The van der Waals surface area contributed by atoms with E-state index in [2.05, 4.69) is 10.2 Å². The SMILES string of the molecule is O=C(NN=Cc1cccc(O)c1)C(=O)N/N=C\c1cccc(O)c1. The Morgan fingerprint density at radius 3 is 1.58 bits per heavy atom. The molecule has 0 heterocycles. The first-order valence-corrected chi connectivity index (χ1v) is 6.79. The number of nitrogens with zero attached hydrogens (tertiary/aromatic N) is 2. The van der Waals surface area contributed by atoms with Gasteiger partial charge < -0.3 is 10.2 Å². The molecule has 2 aromatic rings. The van der Waals surface area contributed by atoms with Gasteiger partial charge in [0, 0.05) is 0 Å². The minimum atomic E-state index is -1.00. The third-order valence-corrected chi connectivity index (χ3v) is 2.71. The summed E-state index contributed by atoms with van der Waals surface area (Å²) in [5.74, 6) is -1.88. The zero-order valence-electron chi connectivity index (χ0n) is 12.4. The van der Waals surface area contributed by atoms with Crippen LogP contribution in [0.1, 0.15) is 11.1 Å². The second-order valence-corrected chi connectivity index (χ2v) is 4.59. The molecule has 8 nitrogen and oxygen atoms in total. The molecule has 0 fully saturated rings. The Hall–Kier alpha value is -3.68. The van der Waals surface area contributed by atoms with Gasteiger partial charge in [0.1, 0.15) is 11.5 Å². The molecule has 0 unspecified atom stereocenters. The van der Waals surface area contributed by atoms with E-state index < -0.39 is 11.8 Å². The summed E-state index contributed by atoms with van der Waals surface area (Å²) in [6.45, 7) is 0. The van der Waals surface area contributed by atoms with Gasteiger partial charge in [0.2, 0.25) is 0 Å². The van der Waals surface area contributed by atoms with E-state index in [1.807, 2.05) is 10.9 Å². The van der Waals surface area contributed by atoms with Crippen molar-refractivity contribution in [2.24, 2.45) is 10.2 Å². The Morgan fingerprint density at radius 2 is 1.21 bits per heavy atom. The highest BCUT2D eigenvalue weighted by atomic mass is 16.3. The summed E-state index contributed by atoms with van der Waals surface area (Å²) in [5, 5.41) is 25.7. The maximum atomic E-state index is 11.5. The summed E-state index contributed by atoms with van der Waals surface area (Å²) in [6.07, 6.45) is 2.56. The molecule has 0 saturated carbocycles. The molecule has 0 aliphatic carbocycles. The quantitative estimate of drug-likeness (QED) is 0.375. The smallest absolute Gasteiger partial charge is 0.331 e. The van der Waals surface area contributed by atoms with Crippen molar-refractivity contribution in [2.75, 3.05) is 0 Å². The predicted molar refractivity (Wildman–Crippen MR) is 87.7 cm³/mol. The van der Waals surface area contributed by atoms with E-state index in [0.29, 0.717) is 11.1 Å². The van der Waals surface area contributed by atoms with E-state index in [1.165, 1.54) is 36.7 Å². The topological polar surface area (TPSA) is 123 Å². The molecular formula is C16H14N4O4. The molecule has 8 heteroatoms. The summed E-state index contributed by atoms with van der Waals surface area (Å²) in [4.78, 5) is 23.0.